The van der Waals surface area contributed by atoms with Crippen LogP contribution < -0.4 is 18.2 Å². The number of hydrogen-bond donors (Lipinski definition) is 0. The first-order valence-electron chi connectivity index (χ1n) is 7.29. The van der Waals surface area contributed by atoms with Gasteiger partial charge in [0, 0.05) is 0 Å². The van der Waals surface area contributed by atoms with Crippen LogP contribution in [0.3, 0.4) is 0 Å². The molecule has 6 nitrogen and oxygen atoms in total. The van der Waals surface area contributed by atoms with Gasteiger partial charge in [0.1, 0.15) is 0 Å². The normalized spacial score (nSPS) is 10.6. The van der Waals surface area contributed by atoms with Gasteiger partial charge >= 0.3 is 152 Å². The van der Waals surface area contributed by atoms with E-state index in [0.29, 0.717) is 11.5 Å². The summed E-state index contributed by atoms with van der Waals surface area (Å²) in [6.45, 7) is 0. The third kappa shape index (κ3) is 4.14. The van der Waals surface area contributed by atoms with E-state index in [1.165, 1.54) is 14.2 Å². The Kier molecular flexibility index (Phi) is 6.48. The molecule has 0 aliphatic rings. The molecule has 0 amide bonds. The Morgan fingerprint density at radius 1 is 0.840 bits per heavy atom. The van der Waals surface area contributed by atoms with Crippen molar-refractivity contribution in [2.45, 2.75) is 0 Å². The Balaban J connectivity index is 2.53. The number of carbonyl (C=O) groups excluding carboxylic acids is 2. The molecule has 0 unspecified atom stereocenters. The number of esters is 2. The zero-order valence-electron chi connectivity index (χ0n) is 14.4. The fourth-order valence-corrected chi connectivity index (χ4v) is 4.67. The molecule has 0 fully saturated rings. The maximum atomic E-state index is 12.3. The molecule has 0 saturated heterocycles. The van der Waals surface area contributed by atoms with Crippen molar-refractivity contribution >= 4 is 36.4 Å². The summed E-state index contributed by atoms with van der Waals surface area (Å²) in [5.74, 6) is 0.195. The van der Waals surface area contributed by atoms with Crippen molar-refractivity contribution < 1.29 is 28.5 Å². The average molecular weight is 405 g/mol. The van der Waals surface area contributed by atoms with Gasteiger partial charge < -0.3 is 0 Å². The molecule has 7 heteroatoms. The average Bonchev–Trinajstić information content (AvgIpc) is 2.66. The van der Waals surface area contributed by atoms with Crippen LogP contribution in [0, 0.1) is 0 Å². The topological polar surface area (TPSA) is 71.1 Å². The van der Waals surface area contributed by atoms with Crippen LogP contribution in [0.1, 0.15) is 20.7 Å². The van der Waals surface area contributed by atoms with E-state index < -0.39 is 27.7 Å². The standard InChI is InChI=1S/C18H18AsO6/c1-22-11-8-9-13(15(10-11)23-2)19-14-7-5-6-12(17(20)24-3)16(14)18(21)25-4/h5-10H,1-4H3. The maximum absolute atomic E-state index is 12.3. The monoisotopic (exact) mass is 405 g/mol. The van der Waals surface area contributed by atoms with Crippen molar-refractivity contribution in [3.8, 4) is 11.5 Å². The molecular formula is C18H18AsO6. The van der Waals surface area contributed by atoms with Crippen LogP contribution in [0.25, 0.3) is 0 Å². The predicted molar refractivity (Wildman–Crippen MR) is 93.7 cm³/mol. The van der Waals surface area contributed by atoms with E-state index in [1.54, 1.807) is 32.4 Å². The molecule has 0 saturated carbocycles. The van der Waals surface area contributed by atoms with Gasteiger partial charge in [0.15, 0.2) is 0 Å². The Morgan fingerprint density at radius 2 is 1.56 bits per heavy atom. The number of ether oxygens (including phenoxy) is 4. The van der Waals surface area contributed by atoms with E-state index in [4.69, 9.17) is 18.9 Å². The summed E-state index contributed by atoms with van der Waals surface area (Å²) in [4.78, 5) is 24.3. The molecule has 1 radical (unpaired) electrons. The molecule has 0 aliphatic carbocycles. The molecule has 0 atom stereocenters. The quantitative estimate of drug-likeness (QED) is 0.526. The minimum absolute atomic E-state index is 0.189. The van der Waals surface area contributed by atoms with Crippen LogP contribution >= 0.6 is 0 Å². The van der Waals surface area contributed by atoms with Gasteiger partial charge in [-0.1, -0.05) is 0 Å². The number of benzene rings is 2. The molecule has 0 heterocycles. The number of rotatable bonds is 6. The fraction of sp³-hybridized carbons (Fsp3) is 0.222. The third-order valence-electron chi connectivity index (χ3n) is 3.47. The first-order valence-corrected chi connectivity index (χ1v) is 9.16. The summed E-state index contributed by atoms with van der Waals surface area (Å²) >= 11 is -0.639. The van der Waals surface area contributed by atoms with Crippen LogP contribution in [0.15, 0.2) is 36.4 Å². The van der Waals surface area contributed by atoms with Crippen molar-refractivity contribution in [3.63, 3.8) is 0 Å². The number of hydrogen-bond acceptors (Lipinski definition) is 6. The Bertz CT molecular complexity index is 787. The van der Waals surface area contributed by atoms with Gasteiger partial charge in [-0.3, -0.25) is 0 Å². The number of methoxy groups -OCH3 is 4. The van der Waals surface area contributed by atoms with Crippen molar-refractivity contribution in [1.29, 1.82) is 0 Å². The van der Waals surface area contributed by atoms with Gasteiger partial charge in [0.2, 0.25) is 0 Å². The molecule has 0 aromatic heterocycles. The molecule has 0 bridgehead atoms. The van der Waals surface area contributed by atoms with Crippen LogP contribution in [0.5, 0.6) is 11.5 Å². The second kappa shape index (κ2) is 8.58. The predicted octanol–water partition coefficient (Wildman–Crippen LogP) is 0.932. The van der Waals surface area contributed by atoms with E-state index in [2.05, 4.69) is 0 Å². The van der Waals surface area contributed by atoms with Crippen molar-refractivity contribution in [1.82, 2.24) is 0 Å². The Labute approximate surface area is 152 Å². The Morgan fingerprint density at radius 3 is 2.16 bits per heavy atom. The van der Waals surface area contributed by atoms with Gasteiger partial charge in [-0.25, -0.2) is 0 Å². The summed E-state index contributed by atoms with van der Waals surface area (Å²) in [6, 6.07) is 10.6. The summed E-state index contributed by atoms with van der Waals surface area (Å²) < 4.78 is 21.9. The SMILES string of the molecule is COC(=O)c1cccc([As]c2ccc(OC)cc2OC)c1C(=O)OC. The van der Waals surface area contributed by atoms with Crippen molar-refractivity contribution in [2.24, 2.45) is 0 Å². The van der Waals surface area contributed by atoms with E-state index >= 15 is 0 Å². The molecule has 0 aliphatic heterocycles. The molecule has 25 heavy (non-hydrogen) atoms. The molecule has 2 aromatic carbocycles. The van der Waals surface area contributed by atoms with E-state index in [1.807, 2.05) is 18.2 Å². The van der Waals surface area contributed by atoms with Gasteiger partial charge in [-0.05, 0) is 0 Å². The molecule has 2 rings (SSSR count). The first kappa shape index (κ1) is 18.9. The first-order chi connectivity index (χ1) is 12.0. The molecule has 2 aromatic rings. The summed E-state index contributed by atoms with van der Waals surface area (Å²) in [5, 5.41) is 0. The van der Waals surface area contributed by atoms with E-state index in [-0.39, 0.29) is 11.1 Å². The second-order valence-electron chi connectivity index (χ2n) is 4.83. The third-order valence-corrected chi connectivity index (χ3v) is 6.03. The van der Waals surface area contributed by atoms with Crippen LogP contribution in [0.2, 0.25) is 0 Å². The van der Waals surface area contributed by atoms with Crippen LogP contribution in [0.4, 0.5) is 0 Å². The van der Waals surface area contributed by atoms with Gasteiger partial charge in [-0.2, -0.15) is 0 Å². The fourth-order valence-electron chi connectivity index (χ4n) is 2.24. The van der Waals surface area contributed by atoms with Crippen molar-refractivity contribution in [2.75, 3.05) is 28.4 Å². The molecule has 131 valence electrons. The van der Waals surface area contributed by atoms with E-state index in [0.717, 1.165) is 8.70 Å². The van der Waals surface area contributed by atoms with E-state index in [9.17, 15) is 9.59 Å². The summed E-state index contributed by atoms with van der Waals surface area (Å²) in [5.41, 5.74) is 0.421. The number of carbonyl (C=O) groups is 2. The second-order valence-corrected chi connectivity index (χ2v) is 7.32. The van der Waals surface area contributed by atoms with Crippen LogP contribution in [-0.2, 0) is 9.47 Å². The van der Waals surface area contributed by atoms with Gasteiger partial charge in [0.05, 0.1) is 0 Å². The minimum atomic E-state index is -0.639. The van der Waals surface area contributed by atoms with Gasteiger partial charge in [-0.15, -0.1) is 0 Å². The molecular weight excluding hydrogens is 387 g/mol. The summed E-state index contributed by atoms with van der Waals surface area (Å²) in [6.07, 6.45) is 0. The summed E-state index contributed by atoms with van der Waals surface area (Å²) in [7, 11) is 5.71. The van der Waals surface area contributed by atoms with Crippen molar-refractivity contribution in [3.05, 3.63) is 47.5 Å². The van der Waals surface area contributed by atoms with Crippen LogP contribution in [-0.4, -0.2) is 56.1 Å². The van der Waals surface area contributed by atoms with Gasteiger partial charge in [0.25, 0.3) is 0 Å². The molecule has 0 N–H and O–H groups in total. The molecule has 0 spiro atoms. The zero-order chi connectivity index (χ0) is 18.4. The zero-order valence-corrected chi connectivity index (χ0v) is 16.2. The Hall–Kier alpha value is -2.46.